The molecule has 5 nitrogen and oxygen atoms in total. The first-order valence-electron chi connectivity index (χ1n) is 9.88. The van der Waals surface area contributed by atoms with Crippen LogP contribution in [0.1, 0.15) is 16.7 Å². The standard InChI is InChI=1S/C25H20BrNO4S/c1-30-21-13-19(12-20(26)23(21)31-16-18-10-6-3-7-11-18)14-22-24(28)27(25(29)32-22)15-17-8-4-2-5-9-17/h2-14H,15-16H2,1H3/b22-14+. The predicted molar refractivity (Wildman–Crippen MR) is 129 cm³/mol. The van der Waals surface area contributed by atoms with Crippen LogP contribution in [0, 0.1) is 0 Å². The number of rotatable bonds is 7. The van der Waals surface area contributed by atoms with Gasteiger partial charge in [0.25, 0.3) is 11.1 Å². The minimum absolute atomic E-state index is 0.252. The van der Waals surface area contributed by atoms with E-state index >= 15 is 0 Å². The molecule has 1 heterocycles. The zero-order valence-electron chi connectivity index (χ0n) is 17.3. The Morgan fingerprint density at radius 1 is 0.969 bits per heavy atom. The molecule has 0 unspecified atom stereocenters. The number of carbonyl (C=O) groups is 2. The number of benzene rings is 3. The van der Waals surface area contributed by atoms with E-state index in [4.69, 9.17) is 9.47 Å². The molecule has 7 heteroatoms. The fraction of sp³-hybridized carbons (Fsp3) is 0.120. The van der Waals surface area contributed by atoms with Crippen molar-refractivity contribution >= 4 is 44.9 Å². The molecule has 0 saturated carbocycles. The Morgan fingerprint density at radius 3 is 2.28 bits per heavy atom. The summed E-state index contributed by atoms with van der Waals surface area (Å²) >= 11 is 4.48. The summed E-state index contributed by atoms with van der Waals surface area (Å²) in [6.07, 6.45) is 1.70. The van der Waals surface area contributed by atoms with Crippen LogP contribution in [0.5, 0.6) is 11.5 Å². The zero-order valence-corrected chi connectivity index (χ0v) is 19.7. The van der Waals surface area contributed by atoms with E-state index in [9.17, 15) is 9.59 Å². The lowest BCUT2D eigenvalue weighted by Crippen LogP contribution is -2.27. The number of amides is 2. The summed E-state index contributed by atoms with van der Waals surface area (Å²) in [5.74, 6) is 0.805. The molecule has 0 atom stereocenters. The van der Waals surface area contributed by atoms with Crippen molar-refractivity contribution in [1.82, 2.24) is 4.90 Å². The van der Waals surface area contributed by atoms with Gasteiger partial charge in [-0.2, -0.15) is 0 Å². The number of nitrogens with zero attached hydrogens (tertiary/aromatic N) is 1. The summed E-state index contributed by atoms with van der Waals surface area (Å²) in [7, 11) is 1.56. The molecule has 0 N–H and O–H groups in total. The summed E-state index contributed by atoms with van der Waals surface area (Å²) in [6.45, 7) is 0.648. The Bertz CT molecular complexity index is 1170. The Hall–Kier alpha value is -3.03. The first-order valence-corrected chi connectivity index (χ1v) is 11.5. The summed E-state index contributed by atoms with van der Waals surface area (Å²) in [4.78, 5) is 26.9. The lowest BCUT2D eigenvalue weighted by Gasteiger charge is -2.14. The molecule has 162 valence electrons. The molecule has 0 aromatic heterocycles. The summed E-state index contributed by atoms with van der Waals surface area (Å²) in [6, 6.07) is 22.9. The number of imide groups is 1. The van der Waals surface area contributed by atoms with Crippen molar-refractivity contribution in [1.29, 1.82) is 0 Å². The van der Waals surface area contributed by atoms with Crippen LogP contribution in [-0.2, 0) is 17.9 Å². The average molecular weight is 510 g/mol. The Kier molecular flexibility index (Phi) is 6.97. The molecule has 1 aliphatic heterocycles. The molecule has 2 amide bonds. The largest absolute Gasteiger partial charge is 0.493 e. The molecular formula is C25H20BrNO4S. The summed E-state index contributed by atoms with van der Waals surface area (Å²) < 4.78 is 12.2. The smallest absolute Gasteiger partial charge is 0.293 e. The minimum Gasteiger partial charge on any atom is -0.493 e. The third-order valence-corrected chi connectivity index (χ3v) is 6.33. The Balaban J connectivity index is 1.54. The van der Waals surface area contributed by atoms with E-state index in [0.717, 1.165) is 28.5 Å². The molecule has 0 bridgehead atoms. The zero-order chi connectivity index (χ0) is 22.5. The van der Waals surface area contributed by atoms with Crippen LogP contribution in [0.15, 0.2) is 82.2 Å². The summed E-state index contributed by atoms with van der Waals surface area (Å²) in [5.41, 5.74) is 2.67. The first kappa shape index (κ1) is 22.2. The highest BCUT2D eigenvalue weighted by molar-refractivity contribution is 9.10. The van der Waals surface area contributed by atoms with Crippen molar-refractivity contribution in [2.75, 3.05) is 7.11 Å². The van der Waals surface area contributed by atoms with Crippen LogP contribution in [0.2, 0.25) is 0 Å². The molecular weight excluding hydrogens is 490 g/mol. The van der Waals surface area contributed by atoms with Crippen molar-refractivity contribution in [3.63, 3.8) is 0 Å². The second-order valence-corrected chi connectivity index (χ2v) is 8.91. The van der Waals surface area contributed by atoms with E-state index in [1.54, 1.807) is 19.3 Å². The fourth-order valence-electron chi connectivity index (χ4n) is 3.25. The topological polar surface area (TPSA) is 55.8 Å². The molecule has 1 saturated heterocycles. The number of halogens is 1. The van der Waals surface area contributed by atoms with E-state index in [-0.39, 0.29) is 17.7 Å². The lowest BCUT2D eigenvalue weighted by atomic mass is 10.1. The number of hydrogen-bond acceptors (Lipinski definition) is 5. The van der Waals surface area contributed by atoms with E-state index in [1.807, 2.05) is 66.7 Å². The molecule has 3 aromatic rings. The van der Waals surface area contributed by atoms with Gasteiger partial charge in [0, 0.05) is 0 Å². The van der Waals surface area contributed by atoms with Gasteiger partial charge < -0.3 is 9.47 Å². The predicted octanol–water partition coefficient (Wildman–Crippen LogP) is 6.27. The Labute approximate surface area is 199 Å². The number of methoxy groups -OCH3 is 1. The molecule has 0 spiro atoms. The molecule has 1 fully saturated rings. The highest BCUT2D eigenvalue weighted by Gasteiger charge is 2.35. The van der Waals surface area contributed by atoms with Crippen molar-refractivity contribution < 1.29 is 19.1 Å². The van der Waals surface area contributed by atoms with Crippen LogP contribution < -0.4 is 9.47 Å². The van der Waals surface area contributed by atoms with E-state index in [1.165, 1.54) is 4.90 Å². The number of ether oxygens (including phenoxy) is 2. The highest BCUT2D eigenvalue weighted by Crippen LogP contribution is 2.39. The van der Waals surface area contributed by atoms with Gasteiger partial charge in [-0.3, -0.25) is 14.5 Å². The fourth-order valence-corrected chi connectivity index (χ4v) is 4.66. The highest BCUT2D eigenvalue weighted by atomic mass is 79.9. The van der Waals surface area contributed by atoms with Crippen molar-refractivity contribution in [3.05, 3.63) is 98.9 Å². The van der Waals surface area contributed by atoms with Crippen LogP contribution in [0.4, 0.5) is 4.79 Å². The van der Waals surface area contributed by atoms with Gasteiger partial charge in [0.05, 0.1) is 23.0 Å². The Morgan fingerprint density at radius 2 is 1.62 bits per heavy atom. The third kappa shape index (κ3) is 5.06. The summed E-state index contributed by atoms with van der Waals surface area (Å²) in [5, 5.41) is -0.279. The van der Waals surface area contributed by atoms with Crippen molar-refractivity contribution in [3.8, 4) is 11.5 Å². The second-order valence-electron chi connectivity index (χ2n) is 7.06. The van der Waals surface area contributed by atoms with Gasteiger partial charge in [-0.1, -0.05) is 60.7 Å². The maximum absolute atomic E-state index is 12.8. The molecule has 0 aliphatic carbocycles. The number of thioether (sulfide) groups is 1. The van der Waals surface area contributed by atoms with Crippen LogP contribution in [0.25, 0.3) is 6.08 Å². The SMILES string of the molecule is COc1cc(/C=C2/SC(=O)N(Cc3ccccc3)C2=O)cc(Br)c1OCc1ccccc1. The van der Waals surface area contributed by atoms with Gasteiger partial charge in [-0.05, 0) is 62.6 Å². The van der Waals surface area contributed by atoms with Gasteiger partial charge in [0.1, 0.15) is 6.61 Å². The van der Waals surface area contributed by atoms with Gasteiger partial charge in [-0.15, -0.1) is 0 Å². The average Bonchev–Trinajstić information content (AvgIpc) is 3.06. The molecule has 0 radical (unpaired) electrons. The monoisotopic (exact) mass is 509 g/mol. The van der Waals surface area contributed by atoms with E-state index < -0.39 is 0 Å². The molecule has 3 aromatic carbocycles. The lowest BCUT2D eigenvalue weighted by molar-refractivity contribution is -0.123. The van der Waals surface area contributed by atoms with Gasteiger partial charge in [-0.25, -0.2) is 0 Å². The first-order chi connectivity index (χ1) is 15.5. The maximum Gasteiger partial charge on any atom is 0.293 e. The second kappa shape index (κ2) is 10.1. The number of carbonyl (C=O) groups excluding carboxylic acids is 2. The van der Waals surface area contributed by atoms with Crippen molar-refractivity contribution in [2.24, 2.45) is 0 Å². The van der Waals surface area contributed by atoms with Gasteiger partial charge in [0.15, 0.2) is 11.5 Å². The minimum atomic E-state index is -0.302. The van der Waals surface area contributed by atoms with Crippen LogP contribution in [0.3, 0.4) is 0 Å². The molecule has 1 aliphatic rings. The quantitative estimate of drug-likeness (QED) is 0.351. The van der Waals surface area contributed by atoms with Crippen LogP contribution >= 0.6 is 27.7 Å². The number of hydrogen-bond donors (Lipinski definition) is 0. The van der Waals surface area contributed by atoms with E-state index in [2.05, 4.69) is 15.9 Å². The van der Waals surface area contributed by atoms with Gasteiger partial charge in [0.2, 0.25) is 0 Å². The van der Waals surface area contributed by atoms with E-state index in [0.29, 0.717) is 27.5 Å². The normalized spacial score (nSPS) is 14.8. The molecule has 4 rings (SSSR count). The maximum atomic E-state index is 12.8. The van der Waals surface area contributed by atoms with Crippen molar-refractivity contribution in [2.45, 2.75) is 13.2 Å². The third-order valence-electron chi connectivity index (χ3n) is 4.83. The van der Waals surface area contributed by atoms with Gasteiger partial charge >= 0.3 is 0 Å². The van der Waals surface area contributed by atoms with Crippen LogP contribution in [-0.4, -0.2) is 23.2 Å². The molecule has 32 heavy (non-hydrogen) atoms.